The molecule has 1 saturated heterocycles. The zero-order chi connectivity index (χ0) is 18.4. The SMILES string of the molecule is COCCOc1cccc(C(=O)Nc2nc(C3CCNCC3)nn2C)c1.Cl. The van der Waals surface area contributed by atoms with Crippen LogP contribution in [-0.2, 0) is 11.8 Å². The first kappa shape index (κ1) is 21.1. The molecule has 9 heteroatoms. The molecule has 2 heterocycles. The third kappa shape index (κ3) is 5.66. The Morgan fingerprint density at radius 1 is 1.33 bits per heavy atom. The van der Waals surface area contributed by atoms with Crippen LogP contribution in [0.15, 0.2) is 24.3 Å². The van der Waals surface area contributed by atoms with Crippen LogP contribution in [0.5, 0.6) is 5.75 Å². The number of aryl methyl sites for hydroxylation is 1. The van der Waals surface area contributed by atoms with Crippen molar-refractivity contribution in [3.63, 3.8) is 0 Å². The fourth-order valence-corrected chi connectivity index (χ4v) is 2.91. The van der Waals surface area contributed by atoms with Crippen molar-refractivity contribution in [1.29, 1.82) is 0 Å². The lowest BCUT2D eigenvalue weighted by molar-refractivity contribution is 0.102. The number of hydrogen-bond donors (Lipinski definition) is 2. The Morgan fingerprint density at radius 3 is 2.85 bits per heavy atom. The molecule has 0 radical (unpaired) electrons. The van der Waals surface area contributed by atoms with Crippen molar-refractivity contribution in [1.82, 2.24) is 20.1 Å². The van der Waals surface area contributed by atoms with Crippen LogP contribution in [0.25, 0.3) is 0 Å². The van der Waals surface area contributed by atoms with Crippen LogP contribution in [0.3, 0.4) is 0 Å². The van der Waals surface area contributed by atoms with E-state index in [2.05, 4.69) is 20.7 Å². The maximum Gasteiger partial charge on any atom is 0.258 e. The number of ether oxygens (including phenoxy) is 2. The van der Waals surface area contributed by atoms with Crippen LogP contribution in [0.1, 0.15) is 34.9 Å². The standard InChI is InChI=1S/C18H25N5O3.ClH/c1-23-18(20-16(22-23)13-6-8-19-9-7-13)21-17(24)14-4-3-5-15(12-14)26-11-10-25-2;/h3-5,12-13,19H,6-11H2,1-2H3,(H,20,21,22,24);1H. The summed E-state index contributed by atoms with van der Waals surface area (Å²) in [7, 11) is 3.41. The number of carbonyl (C=O) groups excluding carboxylic acids is 1. The van der Waals surface area contributed by atoms with E-state index in [9.17, 15) is 4.79 Å². The average Bonchev–Trinajstić information content (AvgIpc) is 3.03. The van der Waals surface area contributed by atoms with Gasteiger partial charge in [0.1, 0.15) is 12.4 Å². The Labute approximate surface area is 165 Å². The van der Waals surface area contributed by atoms with E-state index in [4.69, 9.17) is 9.47 Å². The lowest BCUT2D eigenvalue weighted by Crippen LogP contribution is -2.27. The van der Waals surface area contributed by atoms with Crippen molar-refractivity contribution in [2.45, 2.75) is 18.8 Å². The second-order valence-electron chi connectivity index (χ2n) is 6.26. The van der Waals surface area contributed by atoms with Crippen molar-refractivity contribution in [3.8, 4) is 5.75 Å². The normalized spacial score (nSPS) is 14.4. The smallest absolute Gasteiger partial charge is 0.258 e. The number of nitrogens with zero attached hydrogens (tertiary/aromatic N) is 3. The fraction of sp³-hybridized carbons (Fsp3) is 0.500. The van der Waals surface area contributed by atoms with E-state index in [-0.39, 0.29) is 18.3 Å². The number of rotatable bonds is 7. The topological polar surface area (TPSA) is 90.3 Å². The van der Waals surface area contributed by atoms with E-state index in [1.54, 1.807) is 37.0 Å². The molecule has 1 aliphatic rings. The minimum Gasteiger partial charge on any atom is -0.491 e. The molecule has 1 amide bonds. The van der Waals surface area contributed by atoms with Crippen LogP contribution in [0.2, 0.25) is 0 Å². The molecule has 0 atom stereocenters. The molecule has 1 fully saturated rings. The third-order valence-electron chi connectivity index (χ3n) is 4.36. The second kappa shape index (κ2) is 10.2. The number of halogens is 1. The summed E-state index contributed by atoms with van der Waals surface area (Å²) in [5.74, 6) is 1.97. The van der Waals surface area contributed by atoms with E-state index >= 15 is 0 Å². The highest BCUT2D eigenvalue weighted by molar-refractivity contribution is 6.03. The minimum atomic E-state index is -0.241. The predicted molar refractivity (Wildman–Crippen MR) is 105 cm³/mol. The molecule has 27 heavy (non-hydrogen) atoms. The number of benzene rings is 1. The number of amides is 1. The summed E-state index contributed by atoms with van der Waals surface area (Å²) in [6.45, 7) is 2.88. The molecule has 1 aromatic carbocycles. The number of anilines is 1. The van der Waals surface area contributed by atoms with Gasteiger partial charge in [-0.3, -0.25) is 10.1 Å². The van der Waals surface area contributed by atoms with Gasteiger partial charge in [-0.15, -0.1) is 12.4 Å². The number of methoxy groups -OCH3 is 1. The van der Waals surface area contributed by atoms with Gasteiger partial charge in [0.05, 0.1) is 6.61 Å². The Balaban J connectivity index is 0.00000261. The number of carbonyl (C=O) groups is 1. The van der Waals surface area contributed by atoms with Crippen LogP contribution < -0.4 is 15.4 Å². The molecule has 0 aliphatic carbocycles. The van der Waals surface area contributed by atoms with Gasteiger partial charge < -0.3 is 14.8 Å². The molecule has 1 aliphatic heterocycles. The van der Waals surface area contributed by atoms with Crippen molar-refractivity contribution in [2.24, 2.45) is 7.05 Å². The molecule has 2 N–H and O–H groups in total. The third-order valence-corrected chi connectivity index (χ3v) is 4.36. The first-order valence-electron chi connectivity index (χ1n) is 8.82. The van der Waals surface area contributed by atoms with Crippen molar-refractivity contribution in [3.05, 3.63) is 35.7 Å². The van der Waals surface area contributed by atoms with E-state index in [1.165, 1.54) is 0 Å². The minimum absolute atomic E-state index is 0. The Kier molecular flexibility index (Phi) is 8.02. The summed E-state index contributed by atoms with van der Waals surface area (Å²) in [6.07, 6.45) is 2.02. The first-order valence-corrected chi connectivity index (χ1v) is 8.82. The van der Waals surface area contributed by atoms with Gasteiger partial charge in [0.15, 0.2) is 5.82 Å². The van der Waals surface area contributed by atoms with E-state index in [1.807, 2.05) is 6.07 Å². The highest BCUT2D eigenvalue weighted by Crippen LogP contribution is 2.23. The summed E-state index contributed by atoms with van der Waals surface area (Å²) in [4.78, 5) is 17.1. The Morgan fingerprint density at radius 2 is 2.11 bits per heavy atom. The van der Waals surface area contributed by atoms with Crippen molar-refractivity contribution < 1.29 is 14.3 Å². The molecule has 2 aromatic rings. The average molecular weight is 396 g/mol. The maximum absolute atomic E-state index is 12.6. The molecule has 3 rings (SSSR count). The Hall–Kier alpha value is -2.16. The number of aromatic nitrogens is 3. The predicted octanol–water partition coefficient (Wildman–Crippen LogP) is 1.98. The van der Waals surface area contributed by atoms with Gasteiger partial charge in [0.25, 0.3) is 5.91 Å². The molecule has 148 valence electrons. The summed E-state index contributed by atoms with van der Waals surface area (Å²) in [6, 6.07) is 7.04. The summed E-state index contributed by atoms with van der Waals surface area (Å²) >= 11 is 0. The molecule has 1 aromatic heterocycles. The number of hydrogen-bond acceptors (Lipinski definition) is 6. The zero-order valence-corrected chi connectivity index (χ0v) is 16.4. The van der Waals surface area contributed by atoms with Gasteiger partial charge in [0, 0.05) is 25.6 Å². The molecule has 0 saturated carbocycles. The maximum atomic E-state index is 12.6. The quantitative estimate of drug-likeness (QED) is 0.697. The van der Waals surface area contributed by atoms with Gasteiger partial charge in [-0.25, -0.2) is 4.68 Å². The summed E-state index contributed by atoms with van der Waals surface area (Å²) < 4.78 is 12.1. The van der Waals surface area contributed by atoms with Crippen LogP contribution in [0.4, 0.5) is 5.95 Å². The molecule has 0 spiro atoms. The Bertz CT molecular complexity index is 746. The number of nitrogens with one attached hydrogen (secondary N) is 2. The van der Waals surface area contributed by atoms with Crippen molar-refractivity contribution in [2.75, 3.05) is 38.7 Å². The lowest BCUT2D eigenvalue weighted by Gasteiger charge is -2.19. The first-order chi connectivity index (χ1) is 12.7. The number of piperidine rings is 1. The van der Waals surface area contributed by atoms with E-state index < -0.39 is 0 Å². The van der Waals surface area contributed by atoms with Crippen LogP contribution in [0, 0.1) is 0 Å². The summed E-state index contributed by atoms with van der Waals surface area (Å²) in [5.41, 5.74) is 0.506. The lowest BCUT2D eigenvalue weighted by atomic mass is 9.98. The van der Waals surface area contributed by atoms with Crippen LogP contribution >= 0.6 is 12.4 Å². The molecular formula is C18H26ClN5O3. The second-order valence-corrected chi connectivity index (χ2v) is 6.26. The van der Waals surface area contributed by atoms with Gasteiger partial charge in [-0.1, -0.05) is 6.07 Å². The largest absolute Gasteiger partial charge is 0.491 e. The van der Waals surface area contributed by atoms with Crippen LogP contribution in [-0.4, -0.2) is 54.1 Å². The monoisotopic (exact) mass is 395 g/mol. The van der Waals surface area contributed by atoms with Crippen molar-refractivity contribution >= 4 is 24.3 Å². The molecule has 0 unspecified atom stereocenters. The molecular weight excluding hydrogens is 370 g/mol. The van der Waals surface area contributed by atoms with Gasteiger partial charge in [0.2, 0.25) is 5.95 Å². The molecule has 0 bridgehead atoms. The van der Waals surface area contributed by atoms with Gasteiger partial charge in [-0.2, -0.15) is 10.1 Å². The summed E-state index contributed by atoms with van der Waals surface area (Å²) in [5, 5.41) is 10.6. The van der Waals surface area contributed by atoms with Gasteiger partial charge >= 0.3 is 0 Å². The fourth-order valence-electron chi connectivity index (χ4n) is 2.91. The van der Waals surface area contributed by atoms with E-state index in [0.717, 1.165) is 31.8 Å². The highest BCUT2D eigenvalue weighted by Gasteiger charge is 2.21. The highest BCUT2D eigenvalue weighted by atomic mass is 35.5. The molecule has 8 nitrogen and oxygen atoms in total. The zero-order valence-electron chi connectivity index (χ0n) is 15.6. The van der Waals surface area contributed by atoms with Gasteiger partial charge in [-0.05, 0) is 44.1 Å². The van der Waals surface area contributed by atoms with E-state index in [0.29, 0.717) is 36.4 Å².